The largest absolute Gasteiger partial charge is 0.301 e. The van der Waals surface area contributed by atoms with E-state index in [1.165, 1.54) is 5.56 Å². The van der Waals surface area contributed by atoms with Crippen molar-refractivity contribution in [3.63, 3.8) is 0 Å². The van der Waals surface area contributed by atoms with E-state index in [1.54, 1.807) is 0 Å². The van der Waals surface area contributed by atoms with Crippen molar-refractivity contribution in [1.29, 1.82) is 0 Å². The van der Waals surface area contributed by atoms with Crippen LogP contribution in [-0.2, 0) is 11.0 Å². The number of nitrogens with one attached hydrogen (secondary N) is 1. The molecule has 0 fully saturated rings. The van der Waals surface area contributed by atoms with Gasteiger partial charge in [-0.15, -0.1) is 0 Å². The summed E-state index contributed by atoms with van der Waals surface area (Å²) in [5, 5.41) is 0. The highest BCUT2D eigenvalue weighted by atomic mass is 32.2. The standard InChI is InChI=1S/C13H13NOS.C2H6/c1-11-7-9-12(10-8-11)14-16(15)13-5-3-2-4-6-13;1-2/h2-10,14H,1H3;1-2H3. The van der Waals surface area contributed by atoms with E-state index < -0.39 is 11.0 Å². The molecule has 0 heterocycles. The fraction of sp³-hybridized carbons (Fsp3) is 0.200. The number of hydrogen-bond acceptors (Lipinski definition) is 1. The number of aryl methyl sites for hydroxylation is 1. The van der Waals surface area contributed by atoms with Crippen LogP contribution in [0.1, 0.15) is 19.4 Å². The van der Waals surface area contributed by atoms with E-state index >= 15 is 0 Å². The molecule has 2 nitrogen and oxygen atoms in total. The summed E-state index contributed by atoms with van der Waals surface area (Å²) in [7, 11) is -1.19. The second-order valence-corrected chi connectivity index (χ2v) is 4.76. The molecule has 3 heteroatoms. The Kier molecular flexibility index (Phi) is 6.15. The second kappa shape index (κ2) is 7.67. The van der Waals surface area contributed by atoms with Crippen molar-refractivity contribution in [2.24, 2.45) is 0 Å². The summed E-state index contributed by atoms with van der Waals surface area (Å²) in [5.41, 5.74) is 2.06. The Morgan fingerprint density at radius 2 is 1.44 bits per heavy atom. The van der Waals surface area contributed by atoms with Gasteiger partial charge >= 0.3 is 0 Å². The molecule has 0 saturated carbocycles. The van der Waals surface area contributed by atoms with Crippen LogP contribution in [0.2, 0.25) is 0 Å². The molecule has 0 amide bonds. The summed E-state index contributed by atoms with van der Waals surface area (Å²) in [4.78, 5) is 0.781. The number of rotatable bonds is 3. The van der Waals surface area contributed by atoms with Crippen LogP contribution < -0.4 is 4.72 Å². The molecule has 2 aromatic rings. The van der Waals surface area contributed by atoms with Gasteiger partial charge in [-0.05, 0) is 31.2 Å². The van der Waals surface area contributed by atoms with Gasteiger partial charge in [0.15, 0.2) is 0 Å². The number of benzene rings is 2. The first-order chi connectivity index (χ1) is 8.75. The molecule has 1 N–H and O–H groups in total. The summed E-state index contributed by atoms with van der Waals surface area (Å²) >= 11 is 0. The van der Waals surface area contributed by atoms with Crippen molar-refractivity contribution in [1.82, 2.24) is 0 Å². The molecular formula is C15H19NOS. The molecule has 0 spiro atoms. The number of hydrogen-bond donors (Lipinski definition) is 1. The van der Waals surface area contributed by atoms with Gasteiger partial charge in [-0.1, -0.05) is 49.7 Å². The van der Waals surface area contributed by atoms with Crippen LogP contribution in [0, 0.1) is 6.92 Å². The first-order valence-corrected chi connectivity index (χ1v) is 7.21. The first kappa shape index (κ1) is 14.5. The highest BCUT2D eigenvalue weighted by molar-refractivity contribution is 7.86. The Morgan fingerprint density at radius 1 is 0.889 bits per heavy atom. The fourth-order valence-corrected chi connectivity index (χ4v) is 2.20. The lowest BCUT2D eigenvalue weighted by molar-refractivity contribution is 0.686. The van der Waals surface area contributed by atoms with Crippen LogP contribution in [0.4, 0.5) is 5.69 Å². The van der Waals surface area contributed by atoms with E-state index in [0.717, 1.165) is 10.6 Å². The van der Waals surface area contributed by atoms with Crippen molar-refractivity contribution >= 4 is 16.7 Å². The SMILES string of the molecule is CC.Cc1ccc(NS(=O)c2ccccc2)cc1. The molecular weight excluding hydrogens is 242 g/mol. The topological polar surface area (TPSA) is 29.1 Å². The molecule has 2 aromatic carbocycles. The van der Waals surface area contributed by atoms with E-state index in [1.807, 2.05) is 75.4 Å². The molecule has 18 heavy (non-hydrogen) atoms. The van der Waals surface area contributed by atoms with Gasteiger partial charge in [-0.25, -0.2) is 4.21 Å². The van der Waals surface area contributed by atoms with Crippen LogP contribution in [0.5, 0.6) is 0 Å². The Hall–Kier alpha value is -1.61. The van der Waals surface area contributed by atoms with Gasteiger partial charge in [0.1, 0.15) is 11.0 Å². The summed E-state index contributed by atoms with van der Waals surface area (Å²) in [5.74, 6) is 0. The minimum absolute atomic E-state index is 0.781. The third kappa shape index (κ3) is 4.34. The summed E-state index contributed by atoms with van der Waals surface area (Å²) in [6.45, 7) is 6.03. The van der Waals surface area contributed by atoms with E-state index in [0.29, 0.717) is 0 Å². The zero-order chi connectivity index (χ0) is 13.4. The Morgan fingerprint density at radius 3 is 2.00 bits per heavy atom. The van der Waals surface area contributed by atoms with Crippen LogP contribution in [0.25, 0.3) is 0 Å². The maximum atomic E-state index is 11.9. The van der Waals surface area contributed by atoms with Crippen LogP contribution in [0.15, 0.2) is 59.5 Å². The molecule has 96 valence electrons. The lowest BCUT2D eigenvalue weighted by Gasteiger charge is -2.05. The lowest BCUT2D eigenvalue weighted by Crippen LogP contribution is -2.04. The van der Waals surface area contributed by atoms with E-state index in [4.69, 9.17) is 0 Å². The fourth-order valence-electron chi connectivity index (χ4n) is 1.33. The first-order valence-electron chi connectivity index (χ1n) is 6.06. The maximum absolute atomic E-state index is 11.9. The molecule has 0 aromatic heterocycles. The van der Waals surface area contributed by atoms with Crippen molar-refractivity contribution in [2.75, 3.05) is 4.72 Å². The Balaban J connectivity index is 0.000000771. The Labute approximate surface area is 112 Å². The summed E-state index contributed by atoms with van der Waals surface area (Å²) < 4.78 is 14.9. The second-order valence-electron chi connectivity index (χ2n) is 3.55. The van der Waals surface area contributed by atoms with Crippen molar-refractivity contribution < 1.29 is 4.21 Å². The Bertz CT molecular complexity index is 480. The maximum Gasteiger partial charge on any atom is 0.150 e. The minimum atomic E-state index is -1.19. The lowest BCUT2D eigenvalue weighted by atomic mass is 10.2. The highest BCUT2D eigenvalue weighted by Crippen LogP contribution is 2.13. The highest BCUT2D eigenvalue weighted by Gasteiger charge is 2.02. The molecule has 0 saturated heterocycles. The molecule has 0 aliphatic heterocycles. The van der Waals surface area contributed by atoms with E-state index in [2.05, 4.69) is 4.72 Å². The molecule has 1 atom stereocenters. The monoisotopic (exact) mass is 261 g/mol. The van der Waals surface area contributed by atoms with Gasteiger partial charge in [0, 0.05) is 5.69 Å². The molecule has 0 bridgehead atoms. The van der Waals surface area contributed by atoms with Gasteiger partial charge in [-0.3, -0.25) is 0 Å². The minimum Gasteiger partial charge on any atom is -0.301 e. The smallest absolute Gasteiger partial charge is 0.150 e. The molecule has 0 aliphatic carbocycles. The molecule has 0 aliphatic rings. The zero-order valence-corrected chi connectivity index (χ0v) is 11.8. The van der Waals surface area contributed by atoms with Gasteiger partial charge in [0.05, 0.1) is 4.90 Å². The van der Waals surface area contributed by atoms with Gasteiger partial charge in [0.2, 0.25) is 0 Å². The molecule has 0 radical (unpaired) electrons. The van der Waals surface area contributed by atoms with E-state index in [-0.39, 0.29) is 0 Å². The van der Waals surface area contributed by atoms with Crippen molar-refractivity contribution in [2.45, 2.75) is 25.7 Å². The molecule has 2 rings (SSSR count). The predicted molar refractivity (Wildman–Crippen MR) is 79.0 cm³/mol. The average Bonchev–Trinajstić information content (AvgIpc) is 2.44. The van der Waals surface area contributed by atoms with E-state index in [9.17, 15) is 4.21 Å². The van der Waals surface area contributed by atoms with Gasteiger partial charge in [0.25, 0.3) is 0 Å². The number of anilines is 1. The predicted octanol–water partition coefficient (Wildman–Crippen LogP) is 4.16. The van der Waals surface area contributed by atoms with Crippen molar-refractivity contribution in [3.8, 4) is 0 Å². The van der Waals surface area contributed by atoms with Crippen LogP contribution in [-0.4, -0.2) is 4.21 Å². The quantitative estimate of drug-likeness (QED) is 0.883. The average molecular weight is 261 g/mol. The van der Waals surface area contributed by atoms with Crippen LogP contribution >= 0.6 is 0 Å². The molecule has 1 unspecified atom stereocenters. The third-order valence-electron chi connectivity index (χ3n) is 2.22. The van der Waals surface area contributed by atoms with Gasteiger partial charge < -0.3 is 4.72 Å². The summed E-state index contributed by atoms with van der Waals surface area (Å²) in [6, 6.07) is 17.2. The third-order valence-corrected chi connectivity index (χ3v) is 3.34. The zero-order valence-electron chi connectivity index (χ0n) is 11.0. The van der Waals surface area contributed by atoms with Crippen LogP contribution in [0.3, 0.4) is 0 Å². The normalized spacial score (nSPS) is 11.1. The summed E-state index contributed by atoms with van der Waals surface area (Å²) in [6.07, 6.45) is 0. The van der Waals surface area contributed by atoms with Crippen molar-refractivity contribution in [3.05, 3.63) is 60.2 Å². The van der Waals surface area contributed by atoms with Gasteiger partial charge in [-0.2, -0.15) is 0 Å².